The molecular formula is C11H20N4O. The molecule has 16 heavy (non-hydrogen) atoms. The van der Waals surface area contributed by atoms with Gasteiger partial charge < -0.3 is 11.1 Å². The van der Waals surface area contributed by atoms with Crippen LogP contribution in [-0.4, -0.2) is 21.2 Å². The number of aryl methyl sites for hydroxylation is 1. The molecule has 0 unspecified atom stereocenters. The topological polar surface area (TPSA) is 72.9 Å². The lowest BCUT2D eigenvalue weighted by Crippen LogP contribution is -2.52. The first-order valence-electron chi connectivity index (χ1n) is 5.57. The molecule has 0 fully saturated rings. The minimum Gasteiger partial charge on any atom is -0.349 e. The second-order valence-corrected chi connectivity index (χ2v) is 4.03. The van der Waals surface area contributed by atoms with Crippen LogP contribution >= 0.6 is 0 Å². The number of carbonyl (C=O) groups is 1. The van der Waals surface area contributed by atoms with Crippen molar-refractivity contribution in [2.24, 2.45) is 12.8 Å². The smallest absolute Gasteiger partial charge is 0.240 e. The molecule has 0 aromatic carbocycles. The lowest BCUT2D eigenvalue weighted by atomic mass is 9.93. The molecule has 3 N–H and O–H groups in total. The van der Waals surface area contributed by atoms with Crippen molar-refractivity contribution in [3.63, 3.8) is 0 Å². The Balaban J connectivity index is 2.52. The second-order valence-electron chi connectivity index (χ2n) is 4.03. The Morgan fingerprint density at radius 3 is 2.62 bits per heavy atom. The maximum absolute atomic E-state index is 11.8. The van der Waals surface area contributed by atoms with Gasteiger partial charge in [0, 0.05) is 13.2 Å². The van der Waals surface area contributed by atoms with Crippen molar-refractivity contribution in [3.05, 3.63) is 18.0 Å². The Kier molecular flexibility index (Phi) is 4.06. The maximum atomic E-state index is 11.8. The first kappa shape index (κ1) is 12.7. The molecule has 0 saturated heterocycles. The van der Waals surface area contributed by atoms with Crippen molar-refractivity contribution >= 4 is 5.91 Å². The molecule has 1 rings (SSSR count). The lowest BCUT2D eigenvalue weighted by molar-refractivity contribution is -0.126. The average molecular weight is 224 g/mol. The zero-order valence-corrected chi connectivity index (χ0v) is 10.2. The number of aromatic nitrogens is 2. The number of carbonyl (C=O) groups excluding carboxylic acids is 1. The van der Waals surface area contributed by atoms with Gasteiger partial charge in [-0.2, -0.15) is 5.10 Å². The highest BCUT2D eigenvalue weighted by atomic mass is 16.2. The minimum absolute atomic E-state index is 0.108. The minimum atomic E-state index is -0.755. The van der Waals surface area contributed by atoms with Crippen LogP contribution < -0.4 is 11.1 Å². The lowest BCUT2D eigenvalue weighted by Gasteiger charge is -2.24. The summed E-state index contributed by atoms with van der Waals surface area (Å²) in [4.78, 5) is 11.8. The van der Waals surface area contributed by atoms with Gasteiger partial charge in [-0.1, -0.05) is 13.8 Å². The summed E-state index contributed by atoms with van der Waals surface area (Å²) in [5.41, 5.74) is 6.05. The quantitative estimate of drug-likeness (QED) is 0.767. The molecule has 90 valence electrons. The molecule has 1 aromatic heterocycles. The van der Waals surface area contributed by atoms with Crippen LogP contribution in [0.25, 0.3) is 0 Å². The summed E-state index contributed by atoms with van der Waals surface area (Å²) < 4.78 is 1.71. The molecule has 0 spiro atoms. The van der Waals surface area contributed by atoms with E-state index in [0.717, 1.165) is 5.69 Å². The zero-order chi connectivity index (χ0) is 12.2. The van der Waals surface area contributed by atoms with Crippen LogP contribution in [0, 0.1) is 0 Å². The van der Waals surface area contributed by atoms with E-state index < -0.39 is 5.54 Å². The van der Waals surface area contributed by atoms with Gasteiger partial charge >= 0.3 is 0 Å². The number of nitrogens with two attached hydrogens (primary N) is 1. The van der Waals surface area contributed by atoms with Crippen molar-refractivity contribution in [2.45, 2.75) is 38.8 Å². The van der Waals surface area contributed by atoms with Gasteiger partial charge in [0.1, 0.15) is 0 Å². The van der Waals surface area contributed by atoms with Crippen LogP contribution in [0.2, 0.25) is 0 Å². The Hall–Kier alpha value is -1.36. The van der Waals surface area contributed by atoms with Crippen molar-refractivity contribution in [3.8, 4) is 0 Å². The Labute approximate surface area is 96.0 Å². The van der Waals surface area contributed by atoms with E-state index in [9.17, 15) is 4.79 Å². The summed E-state index contributed by atoms with van der Waals surface area (Å²) in [6.07, 6.45) is 3.12. The molecule has 5 heteroatoms. The number of hydrogen-bond donors (Lipinski definition) is 2. The molecule has 0 aliphatic rings. The van der Waals surface area contributed by atoms with Gasteiger partial charge in [-0.25, -0.2) is 0 Å². The van der Waals surface area contributed by atoms with Crippen molar-refractivity contribution in [1.82, 2.24) is 15.1 Å². The van der Waals surface area contributed by atoms with Gasteiger partial charge in [0.2, 0.25) is 5.91 Å². The van der Waals surface area contributed by atoms with E-state index in [1.807, 2.05) is 33.2 Å². The maximum Gasteiger partial charge on any atom is 0.240 e. The molecule has 0 aliphatic heterocycles. The van der Waals surface area contributed by atoms with Crippen molar-refractivity contribution < 1.29 is 4.79 Å². The largest absolute Gasteiger partial charge is 0.349 e. The summed E-state index contributed by atoms with van der Waals surface area (Å²) in [5.74, 6) is -0.108. The fourth-order valence-electron chi connectivity index (χ4n) is 1.48. The van der Waals surface area contributed by atoms with Crippen LogP contribution in [0.4, 0.5) is 0 Å². The fraction of sp³-hybridized carbons (Fsp3) is 0.636. The zero-order valence-electron chi connectivity index (χ0n) is 10.2. The Morgan fingerprint density at radius 1 is 1.56 bits per heavy atom. The SMILES string of the molecule is CCC(N)(CC)C(=O)NCc1ccn(C)n1. The van der Waals surface area contributed by atoms with Gasteiger partial charge in [-0.15, -0.1) is 0 Å². The number of rotatable bonds is 5. The molecule has 0 radical (unpaired) electrons. The molecule has 1 heterocycles. The van der Waals surface area contributed by atoms with Crippen LogP contribution in [0.1, 0.15) is 32.4 Å². The third-order valence-electron chi connectivity index (χ3n) is 2.91. The Bertz CT molecular complexity index is 355. The van der Waals surface area contributed by atoms with Crippen LogP contribution in [0.3, 0.4) is 0 Å². The third-order valence-corrected chi connectivity index (χ3v) is 2.91. The van der Waals surface area contributed by atoms with E-state index in [2.05, 4.69) is 10.4 Å². The second kappa shape index (κ2) is 5.12. The Morgan fingerprint density at radius 2 is 2.19 bits per heavy atom. The first-order valence-corrected chi connectivity index (χ1v) is 5.57. The van der Waals surface area contributed by atoms with Gasteiger partial charge in [0.25, 0.3) is 0 Å². The number of nitrogens with one attached hydrogen (secondary N) is 1. The number of nitrogens with zero attached hydrogens (tertiary/aromatic N) is 2. The molecule has 0 aliphatic carbocycles. The molecule has 0 atom stereocenters. The highest BCUT2D eigenvalue weighted by molar-refractivity contribution is 5.85. The highest BCUT2D eigenvalue weighted by Gasteiger charge is 2.29. The molecule has 5 nitrogen and oxygen atoms in total. The van der Waals surface area contributed by atoms with Crippen LogP contribution in [0.15, 0.2) is 12.3 Å². The number of amides is 1. The van der Waals surface area contributed by atoms with E-state index in [4.69, 9.17) is 5.73 Å². The third kappa shape index (κ3) is 2.82. The van der Waals surface area contributed by atoms with Gasteiger partial charge in [-0.3, -0.25) is 9.48 Å². The van der Waals surface area contributed by atoms with E-state index >= 15 is 0 Å². The predicted octanol–water partition coefficient (Wildman–Crippen LogP) is 0.554. The van der Waals surface area contributed by atoms with E-state index in [1.54, 1.807) is 4.68 Å². The van der Waals surface area contributed by atoms with Gasteiger partial charge in [0.15, 0.2) is 0 Å². The van der Waals surface area contributed by atoms with Gasteiger partial charge in [0.05, 0.1) is 17.8 Å². The van der Waals surface area contributed by atoms with E-state index in [0.29, 0.717) is 19.4 Å². The predicted molar refractivity (Wildman–Crippen MR) is 62.6 cm³/mol. The molecule has 0 bridgehead atoms. The highest BCUT2D eigenvalue weighted by Crippen LogP contribution is 2.11. The fourth-order valence-corrected chi connectivity index (χ4v) is 1.48. The van der Waals surface area contributed by atoms with Crippen LogP contribution in [-0.2, 0) is 18.4 Å². The van der Waals surface area contributed by atoms with Crippen molar-refractivity contribution in [2.75, 3.05) is 0 Å². The van der Waals surface area contributed by atoms with E-state index in [1.165, 1.54) is 0 Å². The van der Waals surface area contributed by atoms with Crippen molar-refractivity contribution in [1.29, 1.82) is 0 Å². The summed E-state index contributed by atoms with van der Waals surface area (Å²) >= 11 is 0. The molecule has 0 saturated carbocycles. The molecule has 1 aromatic rings. The summed E-state index contributed by atoms with van der Waals surface area (Å²) in [6, 6.07) is 1.87. The van der Waals surface area contributed by atoms with Gasteiger partial charge in [-0.05, 0) is 18.9 Å². The normalized spacial score (nSPS) is 11.5. The first-order chi connectivity index (χ1) is 7.51. The van der Waals surface area contributed by atoms with Crippen LogP contribution in [0.5, 0.6) is 0 Å². The summed E-state index contributed by atoms with van der Waals surface area (Å²) in [7, 11) is 1.84. The molecule has 1 amide bonds. The summed E-state index contributed by atoms with van der Waals surface area (Å²) in [6.45, 7) is 4.27. The summed E-state index contributed by atoms with van der Waals surface area (Å²) in [5, 5.41) is 6.99. The van der Waals surface area contributed by atoms with E-state index in [-0.39, 0.29) is 5.91 Å². The molecular weight excluding hydrogens is 204 g/mol. The number of hydrogen-bond acceptors (Lipinski definition) is 3. The standard InChI is InChI=1S/C11H20N4O/c1-4-11(12,5-2)10(16)13-8-9-6-7-15(3)14-9/h6-7H,4-5,8,12H2,1-3H3,(H,13,16). The monoisotopic (exact) mass is 224 g/mol. The average Bonchev–Trinajstić information content (AvgIpc) is 2.70.